The number of carbonyl (C=O) groups excluding carboxylic acids is 2. The summed E-state index contributed by atoms with van der Waals surface area (Å²) in [6.07, 6.45) is 13.4. The van der Waals surface area contributed by atoms with E-state index in [-0.39, 0.29) is 46.1 Å². The highest BCUT2D eigenvalue weighted by molar-refractivity contribution is 6.14. The Labute approximate surface area is 272 Å². The molecule has 1 N–H and O–H groups in total. The number of ketones is 1. The van der Waals surface area contributed by atoms with Crippen LogP contribution in [0.3, 0.4) is 0 Å². The molecule has 4 fully saturated rings. The second-order valence-corrected chi connectivity index (χ2v) is 15.6. The molecule has 6 heteroatoms. The lowest BCUT2D eigenvalue weighted by Crippen LogP contribution is -2.67. The van der Waals surface area contributed by atoms with Crippen LogP contribution in [0.2, 0.25) is 0 Å². The minimum Gasteiger partial charge on any atom is -0.440 e. The molecule has 8 atom stereocenters. The van der Waals surface area contributed by atoms with Gasteiger partial charge in [0.05, 0.1) is 12.6 Å². The van der Waals surface area contributed by atoms with Crippen molar-refractivity contribution in [3.8, 4) is 11.1 Å². The van der Waals surface area contributed by atoms with Gasteiger partial charge >= 0.3 is 6.09 Å². The Bertz CT molecular complexity index is 1630. The van der Waals surface area contributed by atoms with Gasteiger partial charge in [-0.1, -0.05) is 86.7 Å². The van der Waals surface area contributed by atoms with Gasteiger partial charge in [-0.2, -0.15) is 0 Å². The zero-order valence-electron chi connectivity index (χ0n) is 27.5. The molecule has 2 aromatic rings. The van der Waals surface area contributed by atoms with Crippen LogP contribution >= 0.6 is 0 Å². The minimum absolute atomic E-state index is 0.0562. The van der Waals surface area contributed by atoms with E-state index in [0.717, 1.165) is 67.2 Å². The van der Waals surface area contributed by atoms with Crippen molar-refractivity contribution >= 4 is 11.9 Å². The number of aliphatic hydroxyl groups is 1. The summed E-state index contributed by atoms with van der Waals surface area (Å²) in [5.74, 6) is 0.529. The molecule has 0 radical (unpaired) electrons. The fourth-order valence-electron chi connectivity index (χ4n) is 11.7. The fourth-order valence-corrected chi connectivity index (χ4v) is 11.7. The zero-order chi connectivity index (χ0) is 32.0. The van der Waals surface area contributed by atoms with E-state index >= 15 is 4.79 Å². The lowest BCUT2D eigenvalue weighted by molar-refractivity contribution is -0.164. The van der Waals surface area contributed by atoms with Gasteiger partial charge in [0.25, 0.3) is 0 Å². The monoisotopic (exact) mass is 621 g/mol. The molecule has 9 rings (SSSR count). The quantitative estimate of drug-likeness (QED) is 0.196. The molecule has 0 aromatic heterocycles. The second-order valence-electron chi connectivity index (χ2n) is 15.6. The number of nitrogens with zero attached hydrogens (tertiary/aromatic N) is 1. The smallest absolute Gasteiger partial charge is 0.410 e. The van der Waals surface area contributed by atoms with Crippen LogP contribution in [-0.4, -0.2) is 60.4 Å². The van der Waals surface area contributed by atoms with Crippen molar-refractivity contribution in [3.05, 3.63) is 84.0 Å². The highest BCUT2D eigenvalue weighted by Gasteiger charge is 2.76. The third-order valence-electron chi connectivity index (χ3n) is 13.9. The Morgan fingerprint density at radius 3 is 2.48 bits per heavy atom. The van der Waals surface area contributed by atoms with Gasteiger partial charge in [-0.15, -0.1) is 0 Å². The van der Waals surface area contributed by atoms with Crippen molar-refractivity contribution in [2.45, 2.75) is 76.9 Å². The summed E-state index contributed by atoms with van der Waals surface area (Å²) in [5, 5.41) is 11.1. The number of ether oxygens (including phenoxy) is 2. The summed E-state index contributed by atoms with van der Waals surface area (Å²) in [5.41, 5.74) is 1.91. The summed E-state index contributed by atoms with van der Waals surface area (Å²) >= 11 is 0. The van der Waals surface area contributed by atoms with Crippen LogP contribution in [-0.2, 0) is 9.47 Å². The van der Waals surface area contributed by atoms with Gasteiger partial charge < -0.3 is 19.5 Å². The molecule has 1 saturated heterocycles. The maximum Gasteiger partial charge on any atom is 0.410 e. The van der Waals surface area contributed by atoms with Crippen molar-refractivity contribution in [2.24, 2.45) is 33.5 Å². The number of carbonyl (C=O) groups is 2. The predicted octanol–water partition coefficient (Wildman–Crippen LogP) is 7.62. The van der Waals surface area contributed by atoms with Gasteiger partial charge in [-0.05, 0) is 79.7 Å². The number of hydrogen-bond acceptors (Lipinski definition) is 5. The van der Waals surface area contributed by atoms with Crippen LogP contribution < -0.4 is 0 Å². The highest BCUT2D eigenvalue weighted by atomic mass is 16.6. The molecule has 2 bridgehead atoms. The van der Waals surface area contributed by atoms with Crippen LogP contribution in [0.4, 0.5) is 4.79 Å². The Morgan fingerprint density at radius 2 is 1.67 bits per heavy atom. The first-order chi connectivity index (χ1) is 22.1. The lowest BCUT2D eigenvalue weighted by atomic mass is 9.32. The predicted molar refractivity (Wildman–Crippen MR) is 177 cm³/mol. The maximum absolute atomic E-state index is 15.3. The molecule has 8 unspecified atom stereocenters. The van der Waals surface area contributed by atoms with Gasteiger partial charge in [-0.3, -0.25) is 4.79 Å². The van der Waals surface area contributed by atoms with Gasteiger partial charge in [0.15, 0.2) is 5.78 Å². The second kappa shape index (κ2) is 10.4. The van der Waals surface area contributed by atoms with E-state index in [0.29, 0.717) is 26.1 Å². The maximum atomic E-state index is 15.3. The minimum atomic E-state index is -0.568. The molecule has 3 spiro atoms. The number of benzene rings is 2. The Morgan fingerprint density at radius 1 is 0.957 bits per heavy atom. The van der Waals surface area contributed by atoms with Gasteiger partial charge in [0.2, 0.25) is 0 Å². The van der Waals surface area contributed by atoms with Gasteiger partial charge in [-0.25, -0.2) is 4.79 Å². The molecular weight excluding hydrogens is 574 g/mol. The normalized spacial score (nSPS) is 40.3. The van der Waals surface area contributed by atoms with Gasteiger partial charge in [0, 0.05) is 47.6 Å². The van der Waals surface area contributed by atoms with E-state index in [1.807, 2.05) is 41.3 Å². The van der Waals surface area contributed by atoms with Crippen molar-refractivity contribution in [3.63, 3.8) is 0 Å². The van der Waals surface area contributed by atoms with E-state index in [4.69, 9.17) is 9.47 Å². The van der Waals surface area contributed by atoms with Crippen molar-refractivity contribution in [1.29, 1.82) is 0 Å². The molecule has 46 heavy (non-hydrogen) atoms. The van der Waals surface area contributed by atoms with E-state index in [1.54, 1.807) is 7.11 Å². The number of amides is 1. The molecule has 1 amide bonds. The third-order valence-corrected chi connectivity index (χ3v) is 13.9. The van der Waals surface area contributed by atoms with Crippen molar-refractivity contribution in [1.82, 2.24) is 4.90 Å². The molecule has 6 aliphatic carbocycles. The number of Topliss-reactive ketones (excluding diaryl/α,β-unsaturated/α-hetero) is 1. The number of fused-ring (bicyclic) bond motifs is 2. The Hall–Kier alpha value is -3.22. The number of aliphatic hydroxyl groups excluding tert-OH is 1. The summed E-state index contributed by atoms with van der Waals surface area (Å²) in [6.45, 7) is 6.65. The summed E-state index contributed by atoms with van der Waals surface area (Å²) in [6, 6.07) is 18.3. The topological polar surface area (TPSA) is 76.1 Å². The summed E-state index contributed by atoms with van der Waals surface area (Å²) in [7, 11) is 1.69. The lowest BCUT2D eigenvalue weighted by Gasteiger charge is -2.71. The fraction of sp³-hybridized carbons (Fsp3) is 0.550. The first-order valence-electron chi connectivity index (χ1n) is 17.4. The van der Waals surface area contributed by atoms with E-state index in [9.17, 15) is 9.90 Å². The number of allylic oxidation sites excluding steroid dienone is 4. The Balaban J connectivity index is 1.26. The standard InChI is InChI=1S/C40H47NO5/c1-36-17-14-28(42)24-38(36)20-21-40(31(25-38)34(43)30-13-8-7-12-29(30)27-10-5-4-6-11-27)32(36)15-18-37(2)33(40)16-19-39(37)26-41(35(44)46-39)22-9-23-45-3/h4-8,10-13,20-21,25,28,32-33,42H,9,14-19,22-24,26H2,1-3H3. The molecule has 1 heterocycles. The SMILES string of the molecule is COCCCN1CC2(CCC3C45C=CC6(C=C4C(=O)c4ccccc4-c4ccccc4)CC(O)CCC6(C)C5CCC32C)OC1=O. The molecule has 3 saturated carbocycles. The number of hydrogen-bond donors (Lipinski definition) is 1. The van der Waals surface area contributed by atoms with Crippen LogP contribution in [0, 0.1) is 33.5 Å². The number of methoxy groups -OCH3 is 1. The van der Waals surface area contributed by atoms with E-state index in [2.05, 4.69) is 50.3 Å². The number of rotatable bonds is 7. The first-order valence-corrected chi connectivity index (χ1v) is 17.4. The molecule has 6 nitrogen and oxygen atoms in total. The zero-order valence-corrected chi connectivity index (χ0v) is 27.5. The molecule has 2 aromatic carbocycles. The highest BCUT2D eigenvalue weighted by Crippen LogP contribution is 2.79. The van der Waals surface area contributed by atoms with Crippen molar-refractivity contribution < 1.29 is 24.2 Å². The van der Waals surface area contributed by atoms with Crippen LogP contribution in [0.15, 0.2) is 78.4 Å². The third kappa shape index (κ3) is 3.83. The summed E-state index contributed by atoms with van der Waals surface area (Å²) < 4.78 is 11.8. The van der Waals surface area contributed by atoms with E-state index in [1.165, 1.54) is 0 Å². The largest absolute Gasteiger partial charge is 0.440 e. The van der Waals surface area contributed by atoms with Gasteiger partial charge in [0.1, 0.15) is 5.60 Å². The first kappa shape index (κ1) is 30.1. The average molecular weight is 622 g/mol. The van der Waals surface area contributed by atoms with Crippen LogP contribution in [0.1, 0.15) is 75.6 Å². The molecule has 7 aliphatic rings. The van der Waals surface area contributed by atoms with Crippen LogP contribution in [0.5, 0.6) is 0 Å². The van der Waals surface area contributed by atoms with Crippen LogP contribution in [0.25, 0.3) is 11.1 Å². The van der Waals surface area contributed by atoms with E-state index < -0.39 is 11.0 Å². The molecule has 242 valence electrons. The molecular formula is C40H47NO5. The molecule has 1 aliphatic heterocycles. The summed E-state index contributed by atoms with van der Waals surface area (Å²) in [4.78, 5) is 30.5. The van der Waals surface area contributed by atoms with Crippen molar-refractivity contribution in [2.75, 3.05) is 26.8 Å². The Kier molecular flexibility index (Phi) is 6.81. The average Bonchev–Trinajstić information content (AvgIpc) is 3.55.